The number of benzene rings is 1. The van der Waals surface area contributed by atoms with Gasteiger partial charge in [0.1, 0.15) is 5.76 Å². The number of aryl methyl sites for hydroxylation is 2. The summed E-state index contributed by atoms with van der Waals surface area (Å²) in [5, 5.41) is 13.9. The normalized spacial score (nSPS) is 14.7. The fraction of sp³-hybridized carbons (Fsp3) is 0.421. The van der Waals surface area contributed by atoms with E-state index in [1.54, 1.807) is 11.8 Å². The Bertz CT molecular complexity index is 867. The maximum Gasteiger partial charge on any atom is 0.228 e. The van der Waals surface area contributed by atoms with Gasteiger partial charge in [0.25, 0.3) is 0 Å². The van der Waals surface area contributed by atoms with Gasteiger partial charge < -0.3 is 14.2 Å². The predicted molar refractivity (Wildman–Crippen MR) is 104 cm³/mol. The topological polar surface area (TPSA) is 69.2 Å². The van der Waals surface area contributed by atoms with E-state index in [4.69, 9.17) is 9.26 Å². The van der Waals surface area contributed by atoms with E-state index < -0.39 is 0 Å². The fourth-order valence-corrected chi connectivity index (χ4v) is 4.22. The van der Waals surface area contributed by atoms with Crippen molar-refractivity contribution in [2.24, 2.45) is 0 Å². The molecule has 1 fully saturated rings. The van der Waals surface area contributed by atoms with E-state index in [-0.39, 0.29) is 0 Å². The van der Waals surface area contributed by atoms with Crippen LogP contribution in [0.2, 0.25) is 0 Å². The van der Waals surface area contributed by atoms with Crippen molar-refractivity contribution in [1.29, 1.82) is 0 Å². The standard InChI is InChI=1S/C19H23N5O2S/c1-14-17(15(2)26-22-14)13-27-19-21-20-18(23-8-10-25-11-9-23)24(19)12-16-6-4-3-5-7-16/h3-7H,8-13H2,1-2H3. The Kier molecular flexibility index (Phi) is 5.45. The molecule has 3 aromatic rings. The molecule has 1 saturated heterocycles. The summed E-state index contributed by atoms with van der Waals surface area (Å²) in [6, 6.07) is 10.4. The Labute approximate surface area is 162 Å². The van der Waals surface area contributed by atoms with Crippen LogP contribution in [-0.2, 0) is 17.0 Å². The smallest absolute Gasteiger partial charge is 0.228 e. The summed E-state index contributed by atoms with van der Waals surface area (Å²) in [7, 11) is 0. The van der Waals surface area contributed by atoms with Crippen LogP contribution in [0.4, 0.5) is 5.95 Å². The SMILES string of the molecule is Cc1noc(C)c1CSc1nnc(N2CCOCC2)n1Cc1ccccc1. The molecule has 8 heteroatoms. The number of ether oxygens (including phenoxy) is 1. The minimum absolute atomic E-state index is 0.722. The van der Waals surface area contributed by atoms with Crippen LogP contribution in [0.15, 0.2) is 40.0 Å². The summed E-state index contributed by atoms with van der Waals surface area (Å²) < 4.78 is 13.0. The van der Waals surface area contributed by atoms with Crippen LogP contribution < -0.4 is 4.90 Å². The lowest BCUT2D eigenvalue weighted by Crippen LogP contribution is -2.38. The third-order valence-corrected chi connectivity index (χ3v) is 5.69. The average molecular weight is 385 g/mol. The molecule has 4 rings (SSSR count). The maximum atomic E-state index is 5.49. The molecule has 142 valence electrons. The van der Waals surface area contributed by atoms with Crippen molar-refractivity contribution in [1.82, 2.24) is 19.9 Å². The molecule has 0 amide bonds. The summed E-state index contributed by atoms with van der Waals surface area (Å²) in [6.07, 6.45) is 0. The lowest BCUT2D eigenvalue weighted by molar-refractivity contribution is 0.121. The van der Waals surface area contributed by atoms with Gasteiger partial charge in [-0.3, -0.25) is 4.57 Å². The summed E-state index contributed by atoms with van der Waals surface area (Å²) in [6.45, 7) is 7.77. The van der Waals surface area contributed by atoms with Crippen LogP contribution in [0, 0.1) is 13.8 Å². The molecule has 7 nitrogen and oxygen atoms in total. The minimum Gasteiger partial charge on any atom is -0.378 e. The average Bonchev–Trinajstić information content (AvgIpc) is 3.24. The van der Waals surface area contributed by atoms with Crippen molar-refractivity contribution >= 4 is 17.7 Å². The summed E-state index contributed by atoms with van der Waals surface area (Å²) in [5.41, 5.74) is 3.29. The lowest BCUT2D eigenvalue weighted by Gasteiger charge is -2.28. The minimum atomic E-state index is 0.722. The van der Waals surface area contributed by atoms with Gasteiger partial charge >= 0.3 is 0 Å². The van der Waals surface area contributed by atoms with Crippen LogP contribution in [0.1, 0.15) is 22.6 Å². The zero-order valence-electron chi connectivity index (χ0n) is 15.6. The maximum absolute atomic E-state index is 5.49. The van der Waals surface area contributed by atoms with Crippen molar-refractivity contribution < 1.29 is 9.26 Å². The molecule has 0 atom stereocenters. The number of morpholine rings is 1. The number of rotatable bonds is 6. The second-order valence-corrected chi connectivity index (χ2v) is 7.49. The van der Waals surface area contributed by atoms with Gasteiger partial charge in [-0.25, -0.2) is 0 Å². The monoisotopic (exact) mass is 385 g/mol. The second-order valence-electron chi connectivity index (χ2n) is 6.55. The first kappa shape index (κ1) is 18.1. The Hall–Kier alpha value is -2.32. The van der Waals surface area contributed by atoms with E-state index >= 15 is 0 Å². The van der Waals surface area contributed by atoms with E-state index in [0.29, 0.717) is 0 Å². The first-order chi connectivity index (χ1) is 13.2. The van der Waals surface area contributed by atoms with Gasteiger partial charge in [-0.15, -0.1) is 10.2 Å². The molecule has 1 aliphatic rings. The highest BCUT2D eigenvalue weighted by atomic mass is 32.2. The number of hydrogen-bond acceptors (Lipinski definition) is 7. The third kappa shape index (κ3) is 4.01. The molecule has 0 radical (unpaired) electrons. The molecule has 0 aliphatic carbocycles. The number of aromatic nitrogens is 4. The van der Waals surface area contributed by atoms with Gasteiger partial charge in [-0.1, -0.05) is 47.3 Å². The predicted octanol–water partition coefficient (Wildman–Crippen LogP) is 3.06. The van der Waals surface area contributed by atoms with Gasteiger partial charge in [0.2, 0.25) is 5.95 Å². The molecule has 0 unspecified atom stereocenters. The number of anilines is 1. The molecule has 0 spiro atoms. The summed E-state index contributed by atoms with van der Waals surface area (Å²) >= 11 is 1.67. The molecule has 1 aromatic carbocycles. The molecule has 3 heterocycles. The quantitative estimate of drug-likeness (QED) is 0.604. The van der Waals surface area contributed by atoms with E-state index in [0.717, 1.165) is 66.7 Å². The molecule has 0 N–H and O–H groups in total. The largest absolute Gasteiger partial charge is 0.378 e. The first-order valence-corrected chi connectivity index (χ1v) is 10.1. The molecule has 2 aromatic heterocycles. The van der Waals surface area contributed by atoms with E-state index in [9.17, 15) is 0 Å². The van der Waals surface area contributed by atoms with E-state index in [1.807, 2.05) is 19.9 Å². The number of nitrogens with zero attached hydrogens (tertiary/aromatic N) is 5. The van der Waals surface area contributed by atoms with Crippen molar-refractivity contribution in [2.75, 3.05) is 31.2 Å². The first-order valence-electron chi connectivity index (χ1n) is 9.06. The number of hydrogen-bond donors (Lipinski definition) is 0. The number of thioether (sulfide) groups is 1. The fourth-order valence-electron chi connectivity index (χ4n) is 3.13. The molecule has 0 bridgehead atoms. The molecule has 0 saturated carbocycles. The van der Waals surface area contributed by atoms with Crippen molar-refractivity contribution in [3.05, 3.63) is 52.9 Å². The Morgan fingerprint density at radius 1 is 1.07 bits per heavy atom. The Morgan fingerprint density at radius 2 is 1.85 bits per heavy atom. The van der Waals surface area contributed by atoms with Gasteiger partial charge in [-0.05, 0) is 19.4 Å². The molecular formula is C19H23N5O2S. The van der Waals surface area contributed by atoms with E-state index in [1.165, 1.54) is 5.56 Å². The van der Waals surface area contributed by atoms with Crippen molar-refractivity contribution in [3.63, 3.8) is 0 Å². The molecule has 1 aliphatic heterocycles. The van der Waals surface area contributed by atoms with Crippen LogP contribution >= 0.6 is 11.8 Å². The summed E-state index contributed by atoms with van der Waals surface area (Å²) in [4.78, 5) is 2.25. The Balaban J connectivity index is 1.60. The summed E-state index contributed by atoms with van der Waals surface area (Å²) in [5.74, 6) is 2.53. The zero-order valence-corrected chi connectivity index (χ0v) is 16.4. The van der Waals surface area contributed by atoms with Gasteiger partial charge in [-0.2, -0.15) is 0 Å². The second kappa shape index (κ2) is 8.14. The van der Waals surface area contributed by atoms with Crippen molar-refractivity contribution in [3.8, 4) is 0 Å². The molecule has 27 heavy (non-hydrogen) atoms. The van der Waals surface area contributed by atoms with Crippen LogP contribution in [0.25, 0.3) is 0 Å². The molecular weight excluding hydrogens is 362 g/mol. The Morgan fingerprint density at radius 3 is 2.56 bits per heavy atom. The van der Waals surface area contributed by atoms with Crippen LogP contribution in [0.5, 0.6) is 0 Å². The third-order valence-electron chi connectivity index (χ3n) is 4.70. The lowest BCUT2D eigenvalue weighted by atomic mass is 10.2. The van der Waals surface area contributed by atoms with Crippen LogP contribution in [0.3, 0.4) is 0 Å². The van der Waals surface area contributed by atoms with Gasteiger partial charge in [0, 0.05) is 24.4 Å². The van der Waals surface area contributed by atoms with E-state index in [2.05, 4.69) is 49.1 Å². The highest BCUT2D eigenvalue weighted by molar-refractivity contribution is 7.98. The van der Waals surface area contributed by atoms with Crippen molar-refractivity contribution in [2.45, 2.75) is 31.3 Å². The van der Waals surface area contributed by atoms with Gasteiger partial charge in [0.15, 0.2) is 5.16 Å². The zero-order chi connectivity index (χ0) is 18.6. The van der Waals surface area contributed by atoms with Gasteiger partial charge in [0.05, 0.1) is 25.5 Å². The highest BCUT2D eigenvalue weighted by Crippen LogP contribution is 2.28. The highest BCUT2D eigenvalue weighted by Gasteiger charge is 2.21. The van der Waals surface area contributed by atoms with Crippen LogP contribution in [-0.4, -0.2) is 46.2 Å².